The minimum absolute atomic E-state index is 0.190. The Bertz CT molecular complexity index is 663. The molecule has 2 aliphatic rings. The number of rotatable bonds is 10. The van der Waals surface area contributed by atoms with Crippen molar-refractivity contribution in [1.29, 1.82) is 0 Å². The van der Waals surface area contributed by atoms with Crippen LogP contribution < -0.4 is 0 Å². The van der Waals surface area contributed by atoms with E-state index in [2.05, 4.69) is 6.92 Å². The number of hydrogen-bond donors (Lipinski definition) is 0. The highest BCUT2D eigenvalue weighted by molar-refractivity contribution is 6.16. The Morgan fingerprint density at radius 2 is 1.35 bits per heavy atom. The molecule has 0 aromatic heterocycles. The molecule has 0 aromatic rings. The largest absolute Gasteiger partial charge is 0.275 e. The van der Waals surface area contributed by atoms with E-state index in [9.17, 15) is 19.2 Å². The van der Waals surface area contributed by atoms with Crippen LogP contribution in [0.2, 0.25) is 0 Å². The molecule has 0 radical (unpaired) electrons. The summed E-state index contributed by atoms with van der Waals surface area (Å²) in [4.78, 5) is 50.4. The monoisotopic (exact) mass is 360 g/mol. The van der Waals surface area contributed by atoms with Gasteiger partial charge in [-0.15, -0.1) is 0 Å². The summed E-state index contributed by atoms with van der Waals surface area (Å²) in [5.41, 5.74) is 0.960. The molecule has 4 amide bonds. The zero-order valence-corrected chi connectivity index (χ0v) is 15.9. The van der Waals surface area contributed by atoms with Gasteiger partial charge in [0.15, 0.2) is 0 Å². The zero-order chi connectivity index (χ0) is 19.3. The highest BCUT2D eigenvalue weighted by atomic mass is 16.2. The fourth-order valence-corrected chi connectivity index (χ4v) is 3.47. The van der Waals surface area contributed by atoms with E-state index in [1.165, 1.54) is 22.0 Å². The van der Waals surface area contributed by atoms with Crippen LogP contribution in [-0.2, 0) is 19.2 Å². The van der Waals surface area contributed by atoms with E-state index in [1.54, 1.807) is 13.8 Å². The molecule has 1 atom stereocenters. The molecular weight excluding hydrogens is 332 g/mol. The molecule has 0 spiro atoms. The minimum Gasteiger partial charge on any atom is -0.275 e. The molecule has 6 nitrogen and oxygen atoms in total. The second-order valence-corrected chi connectivity index (χ2v) is 7.21. The summed E-state index contributed by atoms with van der Waals surface area (Å²) < 4.78 is 0. The van der Waals surface area contributed by atoms with Crippen LogP contribution in [0.4, 0.5) is 0 Å². The molecule has 0 saturated heterocycles. The molecular formula is C20H28N2O4. The van der Waals surface area contributed by atoms with Gasteiger partial charge in [-0.3, -0.25) is 29.0 Å². The van der Waals surface area contributed by atoms with Crippen LogP contribution in [-0.4, -0.2) is 46.5 Å². The van der Waals surface area contributed by atoms with Crippen molar-refractivity contribution in [3.8, 4) is 0 Å². The predicted molar refractivity (Wildman–Crippen MR) is 97.8 cm³/mol. The molecule has 2 heterocycles. The number of hydrogen-bond acceptors (Lipinski definition) is 4. The van der Waals surface area contributed by atoms with Crippen molar-refractivity contribution in [3.63, 3.8) is 0 Å². The van der Waals surface area contributed by atoms with E-state index in [0.717, 1.165) is 32.1 Å². The summed E-state index contributed by atoms with van der Waals surface area (Å²) in [6.45, 7) is 6.24. The van der Waals surface area contributed by atoms with Gasteiger partial charge in [0.25, 0.3) is 23.6 Å². The van der Waals surface area contributed by atoms with Crippen LogP contribution in [0, 0.1) is 5.92 Å². The first kappa shape index (κ1) is 20.1. The van der Waals surface area contributed by atoms with Gasteiger partial charge >= 0.3 is 0 Å². The predicted octanol–water partition coefficient (Wildman–Crippen LogP) is 2.59. The second kappa shape index (κ2) is 8.92. The molecule has 2 aliphatic heterocycles. The minimum atomic E-state index is -0.250. The third kappa shape index (κ3) is 4.68. The molecule has 26 heavy (non-hydrogen) atoms. The van der Waals surface area contributed by atoms with Crippen molar-refractivity contribution in [2.75, 3.05) is 13.1 Å². The lowest BCUT2D eigenvalue weighted by atomic mass is 9.95. The highest BCUT2D eigenvalue weighted by Crippen LogP contribution is 2.22. The third-order valence-electron chi connectivity index (χ3n) is 5.03. The van der Waals surface area contributed by atoms with Gasteiger partial charge < -0.3 is 0 Å². The molecule has 0 aromatic carbocycles. The SMILES string of the molecule is CCCCCC(CCCN1C(=O)C=C(C)C1=O)CN1C(=O)C=C(C)C1=O. The van der Waals surface area contributed by atoms with Crippen LogP contribution in [0.1, 0.15) is 59.3 Å². The van der Waals surface area contributed by atoms with E-state index < -0.39 is 0 Å². The Kier molecular flexibility index (Phi) is 6.89. The van der Waals surface area contributed by atoms with Crippen molar-refractivity contribution in [3.05, 3.63) is 23.3 Å². The molecule has 0 aliphatic carbocycles. The van der Waals surface area contributed by atoms with Crippen LogP contribution in [0.25, 0.3) is 0 Å². The second-order valence-electron chi connectivity index (χ2n) is 7.21. The maximum atomic E-state index is 12.1. The van der Waals surface area contributed by atoms with Crippen LogP contribution >= 0.6 is 0 Å². The number of nitrogens with zero attached hydrogens (tertiary/aromatic N) is 2. The highest BCUT2D eigenvalue weighted by Gasteiger charge is 2.31. The van der Waals surface area contributed by atoms with Crippen molar-refractivity contribution in [1.82, 2.24) is 9.80 Å². The number of carbonyl (C=O) groups excluding carboxylic acids is 4. The van der Waals surface area contributed by atoms with Gasteiger partial charge in [0, 0.05) is 36.4 Å². The Hall–Kier alpha value is -2.24. The Balaban J connectivity index is 1.89. The average molecular weight is 360 g/mol. The van der Waals surface area contributed by atoms with E-state index in [-0.39, 0.29) is 29.5 Å². The maximum absolute atomic E-state index is 12.1. The quantitative estimate of drug-likeness (QED) is 0.443. The van der Waals surface area contributed by atoms with Crippen molar-refractivity contribution in [2.24, 2.45) is 5.92 Å². The number of imide groups is 2. The molecule has 2 rings (SSSR count). The van der Waals surface area contributed by atoms with Crippen LogP contribution in [0.15, 0.2) is 23.3 Å². The summed E-state index contributed by atoms with van der Waals surface area (Å²) in [5.74, 6) is -0.726. The molecule has 0 saturated carbocycles. The van der Waals surface area contributed by atoms with E-state index >= 15 is 0 Å². The van der Waals surface area contributed by atoms with Gasteiger partial charge in [-0.05, 0) is 39.0 Å². The smallest absolute Gasteiger partial charge is 0.256 e. The van der Waals surface area contributed by atoms with E-state index in [0.29, 0.717) is 30.7 Å². The lowest BCUT2D eigenvalue weighted by Gasteiger charge is -2.24. The Morgan fingerprint density at radius 3 is 1.85 bits per heavy atom. The summed E-state index contributed by atoms with van der Waals surface area (Å²) in [6.07, 6.45) is 8.42. The fourth-order valence-electron chi connectivity index (χ4n) is 3.47. The first-order valence-electron chi connectivity index (χ1n) is 9.43. The van der Waals surface area contributed by atoms with Crippen LogP contribution in [0.3, 0.4) is 0 Å². The van der Waals surface area contributed by atoms with Crippen molar-refractivity contribution in [2.45, 2.75) is 59.3 Å². The Labute approximate surface area is 154 Å². The summed E-state index contributed by atoms with van der Waals surface area (Å²) in [7, 11) is 0. The lowest BCUT2D eigenvalue weighted by molar-refractivity contribution is -0.138. The van der Waals surface area contributed by atoms with E-state index in [1.807, 2.05) is 0 Å². The number of unbranched alkanes of at least 4 members (excludes halogenated alkanes) is 2. The van der Waals surface area contributed by atoms with Gasteiger partial charge in [-0.2, -0.15) is 0 Å². The molecule has 0 N–H and O–H groups in total. The zero-order valence-electron chi connectivity index (χ0n) is 15.9. The summed E-state index contributed by atoms with van der Waals surface area (Å²) in [5, 5.41) is 0. The van der Waals surface area contributed by atoms with Gasteiger partial charge in [0.2, 0.25) is 0 Å². The van der Waals surface area contributed by atoms with E-state index in [4.69, 9.17) is 0 Å². The standard InChI is InChI=1S/C20H28N2O4/c1-4-5-6-8-16(13-22-18(24)12-15(3)20(22)26)9-7-10-21-17(23)11-14(2)19(21)25/h11-12,16H,4-10,13H2,1-3H3. The fraction of sp³-hybridized carbons (Fsp3) is 0.600. The topological polar surface area (TPSA) is 74.8 Å². The number of carbonyl (C=O) groups is 4. The molecule has 1 unspecified atom stereocenters. The summed E-state index contributed by atoms with van der Waals surface area (Å²) in [6, 6.07) is 0. The first-order valence-corrected chi connectivity index (χ1v) is 9.43. The third-order valence-corrected chi connectivity index (χ3v) is 5.03. The van der Waals surface area contributed by atoms with Gasteiger partial charge in [0.05, 0.1) is 0 Å². The Morgan fingerprint density at radius 1 is 0.808 bits per heavy atom. The molecule has 0 bridgehead atoms. The van der Waals surface area contributed by atoms with Gasteiger partial charge in [-0.25, -0.2) is 0 Å². The maximum Gasteiger partial charge on any atom is 0.256 e. The molecule has 0 fully saturated rings. The molecule has 142 valence electrons. The van der Waals surface area contributed by atoms with Gasteiger partial charge in [0.1, 0.15) is 0 Å². The van der Waals surface area contributed by atoms with Crippen molar-refractivity contribution >= 4 is 23.6 Å². The summed E-state index contributed by atoms with van der Waals surface area (Å²) >= 11 is 0. The number of amides is 4. The first-order chi connectivity index (χ1) is 12.3. The normalized spacial score (nSPS) is 18.7. The molecule has 6 heteroatoms. The van der Waals surface area contributed by atoms with Crippen molar-refractivity contribution < 1.29 is 19.2 Å². The van der Waals surface area contributed by atoms with Gasteiger partial charge in [-0.1, -0.05) is 26.2 Å². The lowest BCUT2D eigenvalue weighted by Crippen LogP contribution is -2.36. The average Bonchev–Trinajstić information content (AvgIpc) is 2.97. The van der Waals surface area contributed by atoms with Crippen LogP contribution in [0.5, 0.6) is 0 Å².